The molecule has 0 fully saturated rings. The predicted molar refractivity (Wildman–Crippen MR) is 93.1 cm³/mol. The molecule has 2 aromatic carbocycles. The molecule has 0 aliphatic rings. The number of nitrogens with zero attached hydrogens (tertiary/aromatic N) is 2. The Morgan fingerprint density at radius 2 is 1.75 bits per heavy atom. The number of amides is 1. The number of hydrogen-bond donors (Lipinski definition) is 1. The third kappa shape index (κ3) is 4.63. The lowest BCUT2D eigenvalue weighted by Gasteiger charge is -2.24. The van der Waals surface area contributed by atoms with Crippen LogP contribution in [0.15, 0.2) is 54.6 Å². The molecule has 126 valence electrons. The Balaban J connectivity index is 2.04. The first kappa shape index (κ1) is 17.6. The quantitative estimate of drug-likeness (QED) is 0.626. The lowest BCUT2D eigenvalue weighted by Crippen LogP contribution is -2.41. The van der Waals surface area contributed by atoms with E-state index in [-0.39, 0.29) is 17.3 Å². The van der Waals surface area contributed by atoms with Gasteiger partial charge < -0.3 is 10.2 Å². The molecule has 1 atom stereocenters. The zero-order valence-corrected chi connectivity index (χ0v) is 13.8. The fourth-order valence-electron chi connectivity index (χ4n) is 2.45. The number of nitrogens with one attached hydrogen (secondary N) is 1. The molecule has 1 unspecified atom stereocenters. The van der Waals surface area contributed by atoms with Crippen molar-refractivity contribution in [2.45, 2.75) is 12.5 Å². The predicted octanol–water partition coefficient (Wildman–Crippen LogP) is 2.50. The summed E-state index contributed by atoms with van der Waals surface area (Å²) in [6.07, 6.45) is 0.783. The van der Waals surface area contributed by atoms with Gasteiger partial charge in [0.05, 0.1) is 4.92 Å². The van der Waals surface area contributed by atoms with Crippen LogP contribution < -0.4 is 5.32 Å². The molecule has 0 bridgehead atoms. The monoisotopic (exact) mass is 327 g/mol. The first-order valence-electron chi connectivity index (χ1n) is 7.71. The number of hydrogen-bond acceptors (Lipinski definition) is 4. The van der Waals surface area contributed by atoms with E-state index in [1.807, 2.05) is 49.3 Å². The van der Waals surface area contributed by atoms with E-state index in [9.17, 15) is 14.9 Å². The van der Waals surface area contributed by atoms with E-state index in [1.165, 1.54) is 17.7 Å². The molecule has 0 saturated carbocycles. The van der Waals surface area contributed by atoms with Gasteiger partial charge >= 0.3 is 0 Å². The number of para-hydroxylation sites is 1. The second-order valence-electron chi connectivity index (χ2n) is 5.79. The van der Waals surface area contributed by atoms with Gasteiger partial charge in [-0.05, 0) is 32.1 Å². The van der Waals surface area contributed by atoms with Crippen LogP contribution in [-0.4, -0.2) is 42.4 Å². The van der Waals surface area contributed by atoms with Gasteiger partial charge in [-0.2, -0.15) is 0 Å². The van der Waals surface area contributed by atoms with Gasteiger partial charge in [0.25, 0.3) is 11.6 Å². The molecule has 0 aliphatic heterocycles. The van der Waals surface area contributed by atoms with Crippen LogP contribution in [-0.2, 0) is 6.42 Å². The van der Waals surface area contributed by atoms with Gasteiger partial charge in [-0.15, -0.1) is 0 Å². The van der Waals surface area contributed by atoms with Gasteiger partial charge in [-0.25, -0.2) is 0 Å². The van der Waals surface area contributed by atoms with Crippen molar-refractivity contribution in [3.63, 3.8) is 0 Å². The molecule has 1 amide bonds. The summed E-state index contributed by atoms with van der Waals surface area (Å²) >= 11 is 0. The number of benzene rings is 2. The largest absolute Gasteiger partial charge is 0.350 e. The highest BCUT2D eigenvalue weighted by molar-refractivity contribution is 5.98. The average molecular weight is 327 g/mol. The van der Waals surface area contributed by atoms with Crippen molar-refractivity contribution in [2.75, 3.05) is 20.6 Å². The maximum Gasteiger partial charge on any atom is 0.282 e. The Morgan fingerprint density at radius 3 is 2.38 bits per heavy atom. The summed E-state index contributed by atoms with van der Waals surface area (Å²) in [5, 5.41) is 13.8. The zero-order chi connectivity index (χ0) is 17.5. The molecule has 0 aromatic heterocycles. The number of carbonyl (C=O) groups is 1. The third-order valence-electron chi connectivity index (χ3n) is 3.89. The SMILES string of the molecule is CN(C)C(CNC(=O)c1ccccc1[N+](=O)[O-])Cc1ccccc1. The number of rotatable bonds is 7. The van der Waals surface area contributed by atoms with E-state index in [2.05, 4.69) is 5.32 Å². The van der Waals surface area contributed by atoms with Crippen molar-refractivity contribution in [2.24, 2.45) is 0 Å². The summed E-state index contributed by atoms with van der Waals surface area (Å²) in [6.45, 7) is 0.410. The molecule has 0 radical (unpaired) electrons. The number of nitro benzene ring substituents is 1. The van der Waals surface area contributed by atoms with Gasteiger partial charge in [0.2, 0.25) is 0 Å². The van der Waals surface area contributed by atoms with E-state index in [0.717, 1.165) is 6.42 Å². The summed E-state index contributed by atoms with van der Waals surface area (Å²) in [5.74, 6) is -0.429. The summed E-state index contributed by atoms with van der Waals surface area (Å²) < 4.78 is 0. The van der Waals surface area contributed by atoms with Crippen molar-refractivity contribution < 1.29 is 9.72 Å². The fraction of sp³-hybridized carbons (Fsp3) is 0.278. The van der Waals surface area contributed by atoms with Gasteiger partial charge in [0.1, 0.15) is 5.56 Å². The van der Waals surface area contributed by atoms with Crippen molar-refractivity contribution in [3.8, 4) is 0 Å². The molecule has 0 spiro atoms. The van der Waals surface area contributed by atoms with Crippen LogP contribution in [0.4, 0.5) is 5.69 Å². The second kappa shape index (κ2) is 8.21. The first-order valence-corrected chi connectivity index (χ1v) is 7.71. The topological polar surface area (TPSA) is 75.5 Å². The van der Waals surface area contributed by atoms with Crippen LogP contribution in [0.25, 0.3) is 0 Å². The van der Waals surface area contributed by atoms with E-state index in [4.69, 9.17) is 0 Å². The van der Waals surface area contributed by atoms with E-state index >= 15 is 0 Å². The minimum Gasteiger partial charge on any atom is -0.350 e. The van der Waals surface area contributed by atoms with Crippen LogP contribution in [0.5, 0.6) is 0 Å². The number of carbonyl (C=O) groups excluding carboxylic acids is 1. The summed E-state index contributed by atoms with van der Waals surface area (Å²) in [7, 11) is 3.90. The van der Waals surface area contributed by atoms with Crippen LogP contribution in [0.3, 0.4) is 0 Å². The van der Waals surface area contributed by atoms with Gasteiger partial charge in [0, 0.05) is 18.7 Å². The maximum absolute atomic E-state index is 12.3. The molecule has 2 aromatic rings. The molecule has 24 heavy (non-hydrogen) atoms. The van der Waals surface area contributed by atoms with Crippen LogP contribution in [0, 0.1) is 10.1 Å². The molecule has 6 nitrogen and oxygen atoms in total. The minimum absolute atomic E-state index is 0.0831. The van der Waals surface area contributed by atoms with Crippen molar-refractivity contribution >= 4 is 11.6 Å². The smallest absolute Gasteiger partial charge is 0.282 e. The Hall–Kier alpha value is -2.73. The highest BCUT2D eigenvalue weighted by Gasteiger charge is 2.20. The normalized spacial score (nSPS) is 12.0. The summed E-state index contributed by atoms with van der Waals surface area (Å²) in [4.78, 5) is 24.8. The zero-order valence-electron chi connectivity index (χ0n) is 13.8. The van der Waals surface area contributed by atoms with Gasteiger partial charge in [0.15, 0.2) is 0 Å². The Labute approximate surface area is 141 Å². The minimum atomic E-state index is -0.539. The van der Waals surface area contributed by atoms with Crippen LogP contribution in [0.2, 0.25) is 0 Å². The first-order chi connectivity index (χ1) is 11.5. The van der Waals surface area contributed by atoms with E-state index in [1.54, 1.807) is 12.1 Å². The summed E-state index contributed by atoms with van der Waals surface area (Å²) in [6, 6.07) is 16.1. The number of nitro groups is 1. The molecule has 0 aliphatic carbocycles. The van der Waals surface area contributed by atoms with E-state index < -0.39 is 10.8 Å². The van der Waals surface area contributed by atoms with Crippen molar-refractivity contribution in [3.05, 3.63) is 75.8 Å². The third-order valence-corrected chi connectivity index (χ3v) is 3.89. The second-order valence-corrected chi connectivity index (χ2v) is 5.79. The van der Waals surface area contributed by atoms with Gasteiger partial charge in [-0.1, -0.05) is 42.5 Å². The molecule has 0 saturated heterocycles. The highest BCUT2D eigenvalue weighted by Crippen LogP contribution is 2.17. The van der Waals surface area contributed by atoms with E-state index in [0.29, 0.717) is 6.54 Å². The Kier molecular flexibility index (Phi) is 6.03. The molecule has 0 heterocycles. The standard InChI is InChI=1S/C18H21N3O3/c1-20(2)15(12-14-8-4-3-5-9-14)13-19-18(22)16-10-6-7-11-17(16)21(23)24/h3-11,15H,12-13H2,1-2H3,(H,19,22). The van der Waals surface area contributed by atoms with Crippen LogP contribution in [0.1, 0.15) is 15.9 Å². The Morgan fingerprint density at radius 1 is 1.12 bits per heavy atom. The summed E-state index contributed by atoms with van der Waals surface area (Å²) in [5.41, 5.74) is 1.08. The van der Waals surface area contributed by atoms with Crippen LogP contribution >= 0.6 is 0 Å². The molecule has 2 rings (SSSR count). The lowest BCUT2D eigenvalue weighted by atomic mass is 10.0. The fourth-order valence-corrected chi connectivity index (χ4v) is 2.45. The number of likely N-dealkylation sites (N-methyl/N-ethyl adjacent to an activating group) is 1. The Bertz CT molecular complexity index is 702. The maximum atomic E-state index is 12.3. The lowest BCUT2D eigenvalue weighted by molar-refractivity contribution is -0.385. The van der Waals surface area contributed by atoms with Crippen molar-refractivity contribution in [1.29, 1.82) is 0 Å². The highest BCUT2D eigenvalue weighted by atomic mass is 16.6. The van der Waals surface area contributed by atoms with Crippen molar-refractivity contribution in [1.82, 2.24) is 10.2 Å². The molecule has 1 N–H and O–H groups in total. The van der Waals surface area contributed by atoms with Gasteiger partial charge in [-0.3, -0.25) is 14.9 Å². The molecule has 6 heteroatoms. The average Bonchev–Trinajstić information content (AvgIpc) is 2.58. The molecular weight excluding hydrogens is 306 g/mol. The molecular formula is C18H21N3O3.